The molecule has 0 aliphatic rings. The standard InChI is InChI=1S/C23H41NO6.C18H35NO4.C13H24O2/c1-22(2,3)19(26)11-7-9-18(25)10-8-13-29-15-16-30-14-12-24-21(28)17-20(27)23(4,5)6;1-17(2,3)8-7-10-22-12-13-23-11-9-19-16(21)14-15(20)18(4,5)6;1-12(2,3)10(14)8-7-9-11(15)13(4,5)6/h7-17H2,1-6H3,(H,24,28);7-14H2,1-6H3,(H,19,21);7-9H2,1-6H3. The number of hydrogen-bond acceptors (Lipinski definition) is 12. The quantitative estimate of drug-likeness (QED) is 0.0494. The second kappa shape index (κ2) is 35.0. The lowest BCUT2D eigenvalue weighted by atomic mass is 9.85. The molecule has 398 valence electrons. The summed E-state index contributed by atoms with van der Waals surface area (Å²) in [5.41, 5.74) is -1.52. The van der Waals surface area contributed by atoms with Gasteiger partial charge in [-0.2, -0.15) is 0 Å². The van der Waals surface area contributed by atoms with Gasteiger partial charge in [-0.25, -0.2) is 0 Å². The first-order valence-corrected chi connectivity index (χ1v) is 24.9. The van der Waals surface area contributed by atoms with E-state index in [1.807, 2.05) is 83.1 Å². The molecular weight excluding hydrogens is 869 g/mol. The van der Waals surface area contributed by atoms with Crippen molar-refractivity contribution in [3.63, 3.8) is 0 Å². The molecule has 0 bridgehead atoms. The van der Waals surface area contributed by atoms with Crippen molar-refractivity contribution < 1.29 is 57.3 Å². The highest BCUT2D eigenvalue weighted by Crippen LogP contribution is 2.23. The van der Waals surface area contributed by atoms with Gasteiger partial charge in [0.2, 0.25) is 11.8 Å². The molecule has 2 amide bonds. The van der Waals surface area contributed by atoms with Gasteiger partial charge in [-0.3, -0.25) is 38.4 Å². The Labute approximate surface area is 413 Å². The summed E-state index contributed by atoms with van der Waals surface area (Å²) in [6, 6.07) is 0. The highest BCUT2D eigenvalue weighted by atomic mass is 16.5. The van der Waals surface area contributed by atoms with Crippen molar-refractivity contribution in [1.29, 1.82) is 0 Å². The molecule has 0 aliphatic carbocycles. The molecule has 2 N–H and O–H groups in total. The Morgan fingerprint density at radius 2 is 0.603 bits per heavy atom. The van der Waals surface area contributed by atoms with E-state index < -0.39 is 10.8 Å². The van der Waals surface area contributed by atoms with Crippen LogP contribution in [0.1, 0.15) is 202 Å². The maximum atomic E-state index is 11.8. The molecule has 0 saturated heterocycles. The molecule has 0 saturated carbocycles. The predicted octanol–water partition coefficient (Wildman–Crippen LogP) is 9.63. The van der Waals surface area contributed by atoms with E-state index in [0.29, 0.717) is 116 Å². The first kappa shape index (κ1) is 69.1. The molecule has 0 aromatic heterocycles. The van der Waals surface area contributed by atoms with Gasteiger partial charge in [0, 0.05) is 85.5 Å². The van der Waals surface area contributed by atoms with Crippen LogP contribution in [0.25, 0.3) is 0 Å². The number of nitrogens with one attached hydrogen (secondary N) is 2. The second-order valence-corrected chi connectivity index (χ2v) is 23.9. The third-order valence-electron chi connectivity index (χ3n) is 10.3. The summed E-state index contributed by atoms with van der Waals surface area (Å²) < 4.78 is 21.7. The number of hydrogen-bond donors (Lipinski definition) is 2. The van der Waals surface area contributed by atoms with Gasteiger partial charge in [0.25, 0.3) is 0 Å². The summed E-state index contributed by atoms with van der Waals surface area (Å²) in [6.45, 7) is 39.4. The largest absolute Gasteiger partial charge is 0.379 e. The fourth-order valence-electron chi connectivity index (χ4n) is 5.30. The molecule has 0 atom stereocenters. The number of ether oxygens (including phenoxy) is 4. The van der Waals surface area contributed by atoms with Crippen LogP contribution in [-0.2, 0) is 57.3 Å². The highest BCUT2D eigenvalue weighted by Gasteiger charge is 2.26. The minimum absolute atomic E-state index is 0.0559. The van der Waals surface area contributed by atoms with Crippen molar-refractivity contribution in [3.8, 4) is 0 Å². The van der Waals surface area contributed by atoms with Crippen LogP contribution >= 0.6 is 0 Å². The maximum Gasteiger partial charge on any atom is 0.227 e. The van der Waals surface area contributed by atoms with Crippen LogP contribution in [-0.4, -0.2) is 112 Å². The zero-order valence-electron chi connectivity index (χ0n) is 46.5. The highest BCUT2D eigenvalue weighted by molar-refractivity contribution is 6.01. The van der Waals surface area contributed by atoms with Crippen LogP contribution in [0.15, 0.2) is 0 Å². The summed E-state index contributed by atoms with van der Waals surface area (Å²) in [5, 5.41) is 5.34. The van der Waals surface area contributed by atoms with Crippen LogP contribution in [0.4, 0.5) is 0 Å². The number of Topliss-reactive ketones (excluding diaryl/α,β-unsaturated/α-hetero) is 6. The van der Waals surface area contributed by atoms with Crippen LogP contribution in [0, 0.1) is 32.5 Å². The Hall–Kier alpha value is -3.20. The lowest BCUT2D eigenvalue weighted by molar-refractivity contribution is -0.134. The number of rotatable bonds is 31. The lowest BCUT2D eigenvalue weighted by Gasteiger charge is -2.18. The predicted molar refractivity (Wildman–Crippen MR) is 271 cm³/mol. The van der Waals surface area contributed by atoms with E-state index in [1.165, 1.54) is 0 Å². The molecule has 14 heteroatoms. The van der Waals surface area contributed by atoms with Gasteiger partial charge in [0.1, 0.15) is 34.7 Å². The van der Waals surface area contributed by atoms with Gasteiger partial charge >= 0.3 is 0 Å². The lowest BCUT2D eigenvalue weighted by Crippen LogP contribution is -2.32. The van der Waals surface area contributed by atoms with Crippen molar-refractivity contribution in [2.24, 2.45) is 32.5 Å². The molecule has 0 unspecified atom stereocenters. The average molecular weight is 969 g/mol. The fourth-order valence-corrected chi connectivity index (χ4v) is 5.30. The van der Waals surface area contributed by atoms with Crippen molar-refractivity contribution in [3.05, 3.63) is 0 Å². The van der Waals surface area contributed by atoms with E-state index >= 15 is 0 Å². The minimum Gasteiger partial charge on any atom is -0.379 e. The fraction of sp³-hybridized carbons (Fsp3) is 0.852. The van der Waals surface area contributed by atoms with Crippen molar-refractivity contribution >= 4 is 46.5 Å². The summed E-state index contributed by atoms with van der Waals surface area (Å²) in [5.74, 6) is 0.155. The van der Waals surface area contributed by atoms with E-state index in [0.717, 1.165) is 19.4 Å². The average Bonchev–Trinajstić information content (AvgIpc) is 3.17. The van der Waals surface area contributed by atoms with E-state index in [-0.39, 0.29) is 75.6 Å². The second-order valence-electron chi connectivity index (χ2n) is 23.9. The Balaban J connectivity index is -0.000000986. The van der Waals surface area contributed by atoms with E-state index in [1.54, 1.807) is 20.8 Å². The van der Waals surface area contributed by atoms with Crippen LogP contribution < -0.4 is 10.6 Å². The molecule has 0 radical (unpaired) electrons. The van der Waals surface area contributed by atoms with E-state index in [4.69, 9.17) is 18.9 Å². The number of amides is 2. The monoisotopic (exact) mass is 969 g/mol. The molecular formula is C54H100N2O12. The van der Waals surface area contributed by atoms with Gasteiger partial charge in [-0.05, 0) is 37.5 Å². The Morgan fingerprint density at radius 3 is 0.912 bits per heavy atom. The summed E-state index contributed by atoms with van der Waals surface area (Å²) in [4.78, 5) is 93.4. The zero-order valence-corrected chi connectivity index (χ0v) is 46.5. The number of ketones is 6. The SMILES string of the molecule is CC(C)(C)C(=O)CCCC(=O)C(C)(C)C.CC(C)(C)C(=O)CCCC(=O)CCCOCCOCCNC(=O)CC(=O)C(C)(C)C.CC(C)(C)CCCOCCOCCNC(=O)CC(=O)C(C)(C)C. The molecule has 0 spiro atoms. The van der Waals surface area contributed by atoms with Crippen LogP contribution in [0.2, 0.25) is 0 Å². The third-order valence-corrected chi connectivity index (χ3v) is 10.3. The molecule has 0 heterocycles. The first-order chi connectivity index (χ1) is 30.9. The summed E-state index contributed by atoms with van der Waals surface area (Å²) in [6.07, 6.45) is 6.38. The Bertz CT molecular complexity index is 1470. The van der Waals surface area contributed by atoms with Gasteiger partial charge < -0.3 is 29.6 Å². The molecule has 0 aromatic rings. The number of carbonyl (C=O) groups excluding carboxylic acids is 8. The topological polar surface area (TPSA) is 198 Å². The van der Waals surface area contributed by atoms with Gasteiger partial charge in [0.15, 0.2) is 0 Å². The summed E-state index contributed by atoms with van der Waals surface area (Å²) >= 11 is 0. The van der Waals surface area contributed by atoms with E-state index in [2.05, 4.69) is 31.4 Å². The molecule has 68 heavy (non-hydrogen) atoms. The van der Waals surface area contributed by atoms with Gasteiger partial charge in [-0.1, -0.05) is 125 Å². The van der Waals surface area contributed by atoms with E-state index in [9.17, 15) is 38.4 Å². The van der Waals surface area contributed by atoms with Crippen molar-refractivity contribution in [2.75, 3.05) is 65.9 Å². The Kier molecular flexibility index (Phi) is 35.5. The molecule has 0 fully saturated rings. The normalized spacial score (nSPS) is 12.2. The smallest absolute Gasteiger partial charge is 0.227 e. The minimum atomic E-state index is -0.513. The molecule has 0 aliphatic heterocycles. The number of carbonyl (C=O) groups is 8. The van der Waals surface area contributed by atoms with Crippen molar-refractivity contribution in [2.45, 2.75) is 202 Å². The van der Waals surface area contributed by atoms with Gasteiger partial charge in [0.05, 0.1) is 52.5 Å². The summed E-state index contributed by atoms with van der Waals surface area (Å²) in [7, 11) is 0. The zero-order chi connectivity index (χ0) is 53.4. The van der Waals surface area contributed by atoms with Crippen LogP contribution in [0.3, 0.4) is 0 Å². The van der Waals surface area contributed by atoms with Gasteiger partial charge in [-0.15, -0.1) is 0 Å². The van der Waals surface area contributed by atoms with Crippen molar-refractivity contribution in [1.82, 2.24) is 10.6 Å². The maximum absolute atomic E-state index is 11.8. The first-order valence-electron chi connectivity index (χ1n) is 24.9. The third kappa shape index (κ3) is 44.0. The Morgan fingerprint density at radius 1 is 0.324 bits per heavy atom. The molecule has 14 nitrogen and oxygen atoms in total. The molecule has 0 aromatic carbocycles. The molecule has 0 rings (SSSR count). The van der Waals surface area contributed by atoms with Crippen LogP contribution in [0.5, 0.6) is 0 Å².